The maximum atomic E-state index is 6.51. The molecule has 0 bridgehead atoms. The molecule has 2 aromatic rings. The molecular weight excluding hydrogens is 250 g/mol. The molecule has 0 spiro atoms. The lowest BCUT2D eigenvalue weighted by atomic mass is 9.88. The number of hydrogen-bond acceptors (Lipinski definition) is 3. The van der Waals surface area contributed by atoms with Gasteiger partial charge < -0.3 is 14.9 Å². The lowest BCUT2D eigenvalue weighted by molar-refractivity contribution is 0.408. The van der Waals surface area contributed by atoms with Crippen LogP contribution in [0.15, 0.2) is 22.8 Å². The maximum absolute atomic E-state index is 6.51. The van der Waals surface area contributed by atoms with Gasteiger partial charge in [-0.25, -0.2) is 0 Å². The van der Waals surface area contributed by atoms with E-state index >= 15 is 0 Å². The SMILES string of the molecule is COc1cc(C2(C(C)N)CC2)c(Cl)c2ccoc12. The van der Waals surface area contributed by atoms with Crippen molar-refractivity contribution < 1.29 is 9.15 Å². The van der Waals surface area contributed by atoms with E-state index in [0.29, 0.717) is 5.58 Å². The Morgan fingerprint density at radius 2 is 2.22 bits per heavy atom. The van der Waals surface area contributed by atoms with Gasteiger partial charge in [-0.1, -0.05) is 11.6 Å². The van der Waals surface area contributed by atoms with E-state index in [1.54, 1.807) is 13.4 Å². The number of methoxy groups -OCH3 is 1. The van der Waals surface area contributed by atoms with Crippen LogP contribution in [0.1, 0.15) is 25.3 Å². The summed E-state index contributed by atoms with van der Waals surface area (Å²) in [5.74, 6) is 0.723. The first kappa shape index (κ1) is 11.9. The minimum absolute atomic E-state index is 0.00975. The standard InChI is InChI=1S/C14H16ClNO2/c1-8(16)14(4-5-14)10-7-11(17-2)13-9(12(10)15)3-6-18-13/h3,6-8H,4-5,16H2,1-2H3. The first-order valence-corrected chi connectivity index (χ1v) is 6.47. The summed E-state index contributed by atoms with van der Waals surface area (Å²) >= 11 is 6.51. The van der Waals surface area contributed by atoms with Gasteiger partial charge in [-0.15, -0.1) is 0 Å². The van der Waals surface area contributed by atoms with Crippen LogP contribution in [-0.2, 0) is 5.41 Å². The van der Waals surface area contributed by atoms with Gasteiger partial charge in [0.2, 0.25) is 0 Å². The molecule has 0 radical (unpaired) electrons. The molecule has 1 unspecified atom stereocenters. The first-order chi connectivity index (χ1) is 8.60. The smallest absolute Gasteiger partial charge is 0.177 e. The number of nitrogens with two attached hydrogens (primary N) is 1. The Morgan fingerprint density at radius 1 is 1.50 bits per heavy atom. The third-order valence-electron chi connectivity index (χ3n) is 4.05. The summed E-state index contributed by atoms with van der Waals surface area (Å²) < 4.78 is 10.8. The van der Waals surface area contributed by atoms with Gasteiger partial charge in [-0.05, 0) is 37.5 Å². The normalized spacial score (nSPS) is 18.9. The summed E-state index contributed by atoms with van der Waals surface area (Å²) in [6.07, 6.45) is 3.79. The molecule has 1 aliphatic rings. The Morgan fingerprint density at radius 3 is 2.78 bits per heavy atom. The zero-order valence-electron chi connectivity index (χ0n) is 10.5. The van der Waals surface area contributed by atoms with E-state index in [4.69, 9.17) is 26.5 Å². The van der Waals surface area contributed by atoms with Crippen molar-refractivity contribution in [2.45, 2.75) is 31.2 Å². The highest BCUT2D eigenvalue weighted by molar-refractivity contribution is 6.36. The molecule has 0 aliphatic heterocycles. The predicted octanol–water partition coefficient (Wildman–Crippen LogP) is 3.47. The van der Waals surface area contributed by atoms with Gasteiger partial charge in [-0.3, -0.25) is 0 Å². The third-order valence-corrected chi connectivity index (χ3v) is 4.46. The molecule has 1 saturated carbocycles. The van der Waals surface area contributed by atoms with E-state index < -0.39 is 0 Å². The Balaban J connectivity index is 2.27. The summed E-state index contributed by atoms with van der Waals surface area (Å²) in [6, 6.07) is 3.94. The summed E-state index contributed by atoms with van der Waals surface area (Å²) in [7, 11) is 1.64. The number of halogens is 1. The van der Waals surface area contributed by atoms with Gasteiger partial charge in [0.15, 0.2) is 11.3 Å². The van der Waals surface area contributed by atoms with Crippen LogP contribution >= 0.6 is 11.6 Å². The largest absolute Gasteiger partial charge is 0.493 e. The number of furan rings is 1. The third kappa shape index (κ3) is 1.47. The van der Waals surface area contributed by atoms with E-state index in [-0.39, 0.29) is 11.5 Å². The lowest BCUT2D eigenvalue weighted by Gasteiger charge is -2.22. The number of ether oxygens (including phenoxy) is 1. The maximum Gasteiger partial charge on any atom is 0.177 e. The Bertz CT molecular complexity index is 599. The minimum atomic E-state index is 0.00975. The van der Waals surface area contributed by atoms with Gasteiger partial charge in [-0.2, -0.15) is 0 Å². The summed E-state index contributed by atoms with van der Waals surface area (Å²) in [5.41, 5.74) is 7.92. The van der Waals surface area contributed by atoms with E-state index in [2.05, 4.69) is 0 Å². The Hall–Kier alpha value is -1.19. The number of rotatable bonds is 3. The zero-order chi connectivity index (χ0) is 12.9. The average molecular weight is 266 g/mol. The van der Waals surface area contributed by atoms with E-state index in [9.17, 15) is 0 Å². The van der Waals surface area contributed by atoms with Crippen molar-refractivity contribution in [1.82, 2.24) is 0 Å². The highest BCUT2D eigenvalue weighted by Gasteiger charge is 2.49. The summed E-state index contributed by atoms with van der Waals surface area (Å²) in [5, 5.41) is 1.65. The molecule has 1 atom stereocenters. The first-order valence-electron chi connectivity index (χ1n) is 6.10. The number of fused-ring (bicyclic) bond motifs is 1. The van der Waals surface area contributed by atoms with Crippen LogP contribution in [0.3, 0.4) is 0 Å². The van der Waals surface area contributed by atoms with Gasteiger partial charge in [0, 0.05) is 16.8 Å². The summed E-state index contributed by atoms with van der Waals surface area (Å²) in [6.45, 7) is 2.04. The Labute approximate surface area is 111 Å². The molecule has 1 fully saturated rings. The second-order valence-corrected chi connectivity index (χ2v) is 5.43. The van der Waals surface area contributed by atoms with Gasteiger partial charge in [0.05, 0.1) is 18.4 Å². The van der Waals surface area contributed by atoms with Crippen LogP contribution in [0.25, 0.3) is 11.0 Å². The van der Waals surface area contributed by atoms with Crippen molar-refractivity contribution >= 4 is 22.6 Å². The molecule has 2 N–H and O–H groups in total. The topological polar surface area (TPSA) is 48.4 Å². The van der Waals surface area contributed by atoms with Crippen LogP contribution in [0, 0.1) is 0 Å². The molecule has 0 saturated heterocycles. The van der Waals surface area contributed by atoms with Crippen molar-refractivity contribution in [3.05, 3.63) is 29.0 Å². The number of benzene rings is 1. The lowest BCUT2D eigenvalue weighted by Crippen LogP contribution is -2.31. The molecule has 96 valence electrons. The van der Waals surface area contributed by atoms with Crippen molar-refractivity contribution in [2.75, 3.05) is 7.11 Å². The highest BCUT2D eigenvalue weighted by atomic mass is 35.5. The highest BCUT2D eigenvalue weighted by Crippen LogP contribution is 2.54. The molecule has 3 rings (SSSR count). The van der Waals surface area contributed by atoms with E-state index in [0.717, 1.165) is 34.6 Å². The second-order valence-electron chi connectivity index (χ2n) is 5.05. The van der Waals surface area contributed by atoms with Crippen molar-refractivity contribution in [2.24, 2.45) is 5.73 Å². The van der Waals surface area contributed by atoms with Crippen molar-refractivity contribution in [3.8, 4) is 5.75 Å². The van der Waals surface area contributed by atoms with Crippen LogP contribution in [0.5, 0.6) is 5.75 Å². The molecule has 18 heavy (non-hydrogen) atoms. The fraction of sp³-hybridized carbons (Fsp3) is 0.429. The molecule has 4 heteroatoms. The van der Waals surface area contributed by atoms with Crippen LogP contribution in [-0.4, -0.2) is 13.2 Å². The molecular formula is C14H16ClNO2. The molecule has 1 aromatic carbocycles. The van der Waals surface area contributed by atoms with Crippen LogP contribution in [0.4, 0.5) is 0 Å². The van der Waals surface area contributed by atoms with E-state index in [1.165, 1.54) is 0 Å². The van der Waals surface area contributed by atoms with Gasteiger partial charge in [0.25, 0.3) is 0 Å². The predicted molar refractivity (Wildman–Crippen MR) is 72.3 cm³/mol. The number of hydrogen-bond donors (Lipinski definition) is 1. The van der Waals surface area contributed by atoms with E-state index in [1.807, 2.05) is 19.1 Å². The molecule has 1 aliphatic carbocycles. The Kier molecular flexibility index (Phi) is 2.57. The molecule has 0 amide bonds. The fourth-order valence-electron chi connectivity index (χ4n) is 2.70. The zero-order valence-corrected chi connectivity index (χ0v) is 11.3. The molecule has 1 heterocycles. The van der Waals surface area contributed by atoms with Crippen LogP contribution < -0.4 is 10.5 Å². The minimum Gasteiger partial charge on any atom is -0.493 e. The monoisotopic (exact) mass is 265 g/mol. The fourth-order valence-corrected chi connectivity index (χ4v) is 3.09. The average Bonchev–Trinajstić information content (AvgIpc) is 3.00. The van der Waals surface area contributed by atoms with Crippen molar-refractivity contribution in [3.63, 3.8) is 0 Å². The van der Waals surface area contributed by atoms with Gasteiger partial charge >= 0.3 is 0 Å². The molecule has 1 aromatic heterocycles. The quantitative estimate of drug-likeness (QED) is 0.924. The summed E-state index contributed by atoms with van der Waals surface area (Å²) in [4.78, 5) is 0. The van der Waals surface area contributed by atoms with Crippen LogP contribution in [0.2, 0.25) is 5.02 Å². The molecule has 3 nitrogen and oxygen atoms in total. The van der Waals surface area contributed by atoms with Gasteiger partial charge in [0.1, 0.15) is 0 Å². The van der Waals surface area contributed by atoms with Crippen molar-refractivity contribution in [1.29, 1.82) is 0 Å². The second kappa shape index (κ2) is 3.90.